The number of anilines is 1. The first kappa shape index (κ1) is 11.1. The van der Waals surface area contributed by atoms with Crippen molar-refractivity contribution >= 4 is 28.4 Å². The van der Waals surface area contributed by atoms with Gasteiger partial charge >= 0.3 is 0 Å². The van der Waals surface area contributed by atoms with Gasteiger partial charge in [-0.15, -0.1) is 0 Å². The number of rotatable bonds is 3. The average molecular weight is 256 g/mol. The molecule has 3 rings (SSSR count). The highest BCUT2D eigenvalue weighted by Crippen LogP contribution is 2.27. The fourth-order valence-electron chi connectivity index (χ4n) is 1.86. The van der Waals surface area contributed by atoms with Crippen molar-refractivity contribution in [3.63, 3.8) is 0 Å². The Morgan fingerprint density at radius 1 is 1.22 bits per heavy atom. The van der Waals surface area contributed by atoms with E-state index in [0.29, 0.717) is 0 Å². The standard InChI is InChI=1S/C13H12N4S/c1-2-14-13-12(16-18-17-13)10-7-9-5-3-4-6-11(9)15-8-10/h3-8H,2H2,1H3,(H,14,17). The van der Waals surface area contributed by atoms with Crippen molar-refractivity contribution in [1.29, 1.82) is 0 Å². The Labute approximate surface area is 109 Å². The van der Waals surface area contributed by atoms with E-state index in [2.05, 4.69) is 31.2 Å². The van der Waals surface area contributed by atoms with Gasteiger partial charge in [-0.1, -0.05) is 18.2 Å². The molecule has 0 amide bonds. The SMILES string of the molecule is CCNc1nsnc1-c1cnc2ccccc2c1. The lowest BCUT2D eigenvalue weighted by Gasteiger charge is -2.03. The molecule has 0 radical (unpaired) electrons. The van der Waals surface area contributed by atoms with Gasteiger partial charge in [-0.05, 0) is 19.1 Å². The summed E-state index contributed by atoms with van der Waals surface area (Å²) in [5.74, 6) is 0.833. The van der Waals surface area contributed by atoms with Crippen molar-refractivity contribution in [1.82, 2.24) is 13.7 Å². The van der Waals surface area contributed by atoms with Gasteiger partial charge in [0.1, 0.15) is 5.69 Å². The second-order valence-corrected chi connectivity index (χ2v) is 4.44. The Morgan fingerprint density at radius 3 is 3.00 bits per heavy atom. The Morgan fingerprint density at radius 2 is 2.11 bits per heavy atom. The van der Waals surface area contributed by atoms with Gasteiger partial charge in [-0.25, -0.2) is 0 Å². The number of para-hydroxylation sites is 1. The number of hydrogen-bond acceptors (Lipinski definition) is 5. The molecule has 90 valence electrons. The molecule has 0 saturated carbocycles. The van der Waals surface area contributed by atoms with E-state index in [9.17, 15) is 0 Å². The molecule has 0 aliphatic rings. The molecule has 1 N–H and O–H groups in total. The molecule has 0 aliphatic carbocycles. The molecule has 2 aromatic heterocycles. The first-order chi connectivity index (χ1) is 8.88. The van der Waals surface area contributed by atoms with E-state index in [1.807, 2.05) is 31.3 Å². The van der Waals surface area contributed by atoms with E-state index in [1.54, 1.807) is 0 Å². The third-order valence-electron chi connectivity index (χ3n) is 2.70. The van der Waals surface area contributed by atoms with Crippen LogP contribution in [0.3, 0.4) is 0 Å². The second kappa shape index (κ2) is 4.70. The molecule has 0 aliphatic heterocycles. The Hall–Kier alpha value is -2.01. The van der Waals surface area contributed by atoms with Crippen molar-refractivity contribution in [3.8, 4) is 11.3 Å². The van der Waals surface area contributed by atoms with Gasteiger partial charge in [0.2, 0.25) is 0 Å². The van der Waals surface area contributed by atoms with Crippen LogP contribution in [0, 0.1) is 0 Å². The summed E-state index contributed by atoms with van der Waals surface area (Å²) in [5.41, 5.74) is 2.87. The molecule has 1 aromatic carbocycles. The lowest BCUT2D eigenvalue weighted by molar-refractivity contribution is 1.19. The fraction of sp³-hybridized carbons (Fsp3) is 0.154. The van der Waals surface area contributed by atoms with Crippen LogP contribution in [0.15, 0.2) is 36.5 Å². The second-order valence-electron chi connectivity index (χ2n) is 3.91. The van der Waals surface area contributed by atoms with Crippen molar-refractivity contribution in [2.75, 3.05) is 11.9 Å². The summed E-state index contributed by atoms with van der Waals surface area (Å²) in [6.45, 7) is 2.88. The quantitative estimate of drug-likeness (QED) is 0.782. The monoisotopic (exact) mass is 256 g/mol. The van der Waals surface area contributed by atoms with Gasteiger partial charge in [0, 0.05) is 23.7 Å². The zero-order chi connectivity index (χ0) is 12.4. The molecular weight excluding hydrogens is 244 g/mol. The molecule has 4 nitrogen and oxygen atoms in total. The summed E-state index contributed by atoms with van der Waals surface area (Å²) >= 11 is 1.22. The van der Waals surface area contributed by atoms with Crippen molar-refractivity contribution in [2.45, 2.75) is 6.92 Å². The van der Waals surface area contributed by atoms with E-state index in [1.165, 1.54) is 11.7 Å². The molecule has 5 heteroatoms. The summed E-state index contributed by atoms with van der Waals surface area (Å²) in [5, 5.41) is 4.33. The zero-order valence-electron chi connectivity index (χ0n) is 9.92. The first-order valence-electron chi connectivity index (χ1n) is 5.80. The smallest absolute Gasteiger partial charge is 0.168 e. The Balaban J connectivity index is 2.10. The summed E-state index contributed by atoms with van der Waals surface area (Å²) < 4.78 is 8.59. The van der Waals surface area contributed by atoms with Crippen molar-refractivity contribution in [3.05, 3.63) is 36.5 Å². The molecule has 0 fully saturated rings. The van der Waals surface area contributed by atoms with Crippen LogP contribution in [-0.4, -0.2) is 20.3 Å². The highest BCUT2D eigenvalue weighted by molar-refractivity contribution is 6.99. The highest BCUT2D eigenvalue weighted by Gasteiger charge is 2.10. The van der Waals surface area contributed by atoms with E-state index in [-0.39, 0.29) is 0 Å². The van der Waals surface area contributed by atoms with Gasteiger partial charge in [-0.2, -0.15) is 8.75 Å². The maximum Gasteiger partial charge on any atom is 0.168 e. The minimum absolute atomic E-state index is 0.833. The number of nitrogens with one attached hydrogen (secondary N) is 1. The van der Waals surface area contributed by atoms with Gasteiger partial charge in [0.25, 0.3) is 0 Å². The van der Waals surface area contributed by atoms with Crippen LogP contribution >= 0.6 is 11.7 Å². The van der Waals surface area contributed by atoms with Crippen LogP contribution in [0.1, 0.15) is 6.92 Å². The summed E-state index contributed by atoms with van der Waals surface area (Å²) in [7, 11) is 0. The molecular formula is C13H12N4S. The number of hydrogen-bond donors (Lipinski definition) is 1. The third-order valence-corrected chi connectivity index (χ3v) is 3.23. The molecule has 0 unspecified atom stereocenters. The molecule has 0 bridgehead atoms. The van der Waals surface area contributed by atoms with Crippen molar-refractivity contribution in [2.24, 2.45) is 0 Å². The number of benzene rings is 1. The van der Waals surface area contributed by atoms with Crippen LogP contribution in [-0.2, 0) is 0 Å². The van der Waals surface area contributed by atoms with Crippen LogP contribution in [0.5, 0.6) is 0 Å². The Bertz CT molecular complexity index is 677. The lowest BCUT2D eigenvalue weighted by atomic mass is 10.1. The minimum atomic E-state index is 0.833. The predicted octanol–water partition coefficient (Wildman–Crippen LogP) is 3.19. The molecule has 18 heavy (non-hydrogen) atoms. The molecule has 0 saturated heterocycles. The van der Waals surface area contributed by atoms with E-state index >= 15 is 0 Å². The summed E-state index contributed by atoms with van der Waals surface area (Å²) in [4.78, 5) is 4.45. The highest BCUT2D eigenvalue weighted by atomic mass is 32.1. The largest absolute Gasteiger partial charge is 0.368 e. The maximum atomic E-state index is 4.45. The third kappa shape index (κ3) is 1.93. The average Bonchev–Trinajstić information content (AvgIpc) is 2.87. The molecule has 2 heterocycles. The van der Waals surface area contributed by atoms with E-state index in [4.69, 9.17) is 0 Å². The molecule has 3 aromatic rings. The predicted molar refractivity (Wildman–Crippen MR) is 74.8 cm³/mol. The van der Waals surface area contributed by atoms with Gasteiger partial charge in [0.15, 0.2) is 5.82 Å². The van der Waals surface area contributed by atoms with E-state index < -0.39 is 0 Å². The topological polar surface area (TPSA) is 50.7 Å². The lowest BCUT2D eigenvalue weighted by Crippen LogP contribution is -1.98. The first-order valence-corrected chi connectivity index (χ1v) is 6.53. The number of aromatic nitrogens is 3. The number of pyridine rings is 1. The minimum Gasteiger partial charge on any atom is -0.368 e. The van der Waals surface area contributed by atoms with Crippen LogP contribution < -0.4 is 5.32 Å². The van der Waals surface area contributed by atoms with Crippen LogP contribution in [0.2, 0.25) is 0 Å². The number of fused-ring (bicyclic) bond motifs is 1. The summed E-state index contributed by atoms with van der Waals surface area (Å²) in [6, 6.07) is 10.2. The van der Waals surface area contributed by atoms with Crippen LogP contribution in [0.25, 0.3) is 22.2 Å². The maximum absolute atomic E-state index is 4.45. The van der Waals surface area contributed by atoms with Gasteiger partial charge in [0.05, 0.1) is 17.2 Å². The summed E-state index contributed by atoms with van der Waals surface area (Å²) in [6.07, 6.45) is 1.85. The normalized spacial score (nSPS) is 10.7. The van der Waals surface area contributed by atoms with Crippen LogP contribution in [0.4, 0.5) is 5.82 Å². The van der Waals surface area contributed by atoms with Gasteiger partial charge < -0.3 is 5.32 Å². The van der Waals surface area contributed by atoms with Crippen molar-refractivity contribution < 1.29 is 0 Å². The molecule has 0 atom stereocenters. The Kier molecular flexibility index (Phi) is 2.90. The molecule has 0 spiro atoms. The number of nitrogens with zero attached hydrogens (tertiary/aromatic N) is 3. The van der Waals surface area contributed by atoms with Gasteiger partial charge in [-0.3, -0.25) is 4.98 Å². The van der Waals surface area contributed by atoms with E-state index in [0.717, 1.165) is 34.5 Å². The fourth-order valence-corrected chi connectivity index (χ4v) is 2.41. The zero-order valence-corrected chi connectivity index (χ0v) is 10.7.